The van der Waals surface area contributed by atoms with Gasteiger partial charge in [-0.2, -0.15) is 0 Å². The van der Waals surface area contributed by atoms with Gasteiger partial charge in [-0.05, 0) is 47.5 Å². The minimum Gasteiger partial charge on any atom is -0.301 e. The highest BCUT2D eigenvalue weighted by Crippen LogP contribution is 2.32. The van der Waals surface area contributed by atoms with E-state index in [4.69, 9.17) is 11.6 Å². The van der Waals surface area contributed by atoms with E-state index in [1.807, 2.05) is 19.1 Å². The van der Waals surface area contributed by atoms with Gasteiger partial charge in [0, 0.05) is 4.47 Å². The summed E-state index contributed by atoms with van der Waals surface area (Å²) < 4.78 is 1.97. The van der Waals surface area contributed by atoms with Gasteiger partial charge in [-0.25, -0.2) is 4.98 Å². The lowest BCUT2D eigenvalue weighted by Gasteiger charge is -2.01. The lowest BCUT2D eigenvalue weighted by atomic mass is 10.2. The van der Waals surface area contributed by atoms with Gasteiger partial charge in [0.2, 0.25) is 5.91 Å². The summed E-state index contributed by atoms with van der Waals surface area (Å²) in [6, 6.07) is 4.04. The van der Waals surface area contributed by atoms with Crippen molar-refractivity contribution in [2.45, 2.75) is 19.2 Å². The van der Waals surface area contributed by atoms with Crippen LogP contribution in [0, 0.1) is 6.92 Å². The van der Waals surface area contributed by atoms with Gasteiger partial charge in [0.15, 0.2) is 5.13 Å². The summed E-state index contributed by atoms with van der Waals surface area (Å²) in [5, 5.41) is 2.70. The third-order valence-corrected chi connectivity index (χ3v) is 3.90. The molecule has 0 radical (unpaired) electrons. The number of halogens is 2. The highest BCUT2D eigenvalue weighted by atomic mass is 79.9. The van der Waals surface area contributed by atoms with Crippen molar-refractivity contribution in [3.05, 3.63) is 22.2 Å². The highest BCUT2D eigenvalue weighted by Gasteiger charge is 2.13. The molecule has 1 atom stereocenters. The molecule has 1 aromatic carbocycles. The Morgan fingerprint density at radius 2 is 2.29 bits per heavy atom. The third-order valence-electron chi connectivity index (χ3n) is 2.18. The zero-order chi connectivity index (χ0) is 12.6. The maximum atomic E-state index is 11.5. The second-order valence-corrected chi connectivity index (χ2v) is 6.26. The van der Waals surface area contributed by atoms with E-state index >= 15 is 0 Å². The van der Waals surface area contributed by atoms with E-state index in [0.717, 1.165) is 20.3 Å². The molecule has 1 amide bonds. The fourth-order valence-corrected chi connectivity index (χ4v) is 3.22. The number of aromatic nitrogens is 1. The minimum absolute atomic E-state index is 0.237. The van der Waals surface area contributed by atoms with E-state index in [2.05, 4.69) is 26.2 Å². The second kappa shape index (κ2) is 4.92. The average molecular weight is 334 g/mol. The van der Waals surface area contributed by atoms with E-state index in [0.29, 0.717) is 5.13 Å². The molecular formula is C11H10BrClN2OS. The van der Waals surface area contributed by atoms with Crippen LogP contribution in [0.5, 0.6) is 0 Å². The molecule has 0 saturated carbocycles. The minimum atomic E-state index is -0.563. The second-order valence-electron chi connectivity index (χ2n) is 3.72. The van der Waals surface area contributed by atoms with E-state index < -0.39 is 5.38 Å². The molecule has 2 aromatic rings. The van der Waals surface area contributed by atoms with Gasteiger partial charge in [-0.15, -0.1) is 11.6 Å². The number of aryl methyl sites for hydroxylation is 1. The van der Waals surface area contributed by atoms with Gasteiger partial charge < -0.3 is 5.32 Å². The van der Waals surface area contributed by atoms with Crippen LogP contribution in [0.1, 0.15) is 12.5 Å². The van der Waals surface area contributed by atoms with Crippen molar-refractivity contribution >= 4 is 60.1 Å². The molecule has 1 aromatic heterocycles. The van der Waals surface area contributed by atoms with Gasteiger partial charge in [0.05, 0.1) is 10.2 Å². The number of hydrogen-bond acceptors (Lipinski definition) is 3. The molecular weight excluding hydrogens is 324 g/mol. The van der Waals surface area contributed by atoms with Crippen molar-refractivity contribution in [3.8, 4) is 0 Å². The number of nitrogens with zero attached hydrogens (tertiary/aromatic N) is 1. The van der Waals surface area contributed by atoms with Crippen LogP contribution < -0.4 is 5.32 Å². The van der Waals surface area contributed by atoms with Crippen LogP contribution in [-0.4, -0.2) is 16.3 Å². The predicted octanol–water partition coefficient (Wildman–Crippen LogP) is 3.93. The van der Waals surface area contributed by atoms with E-state index in [-0.39, 0.29) is 5.91 Å². The maximum Gasteiger partial charge on any atom is 0.243 e. The molecule has 0 aliphatic carbocycles. The Bertz CT molecular complexity index is 582. The fraction of sp³-hybridized carbons (Fsp3) is 0.273. The first-order chi connectivity index (χ1) is 7.97. The quantitative estimate of drug-likeness (QED) is 0.846. The monoisotopic (exact) mass is 332 g/mol. The van der Waals surface area contributed by atoms with Crippen molar-refractivity contribution < 1.29 is 4.79 Å². The Morgan fingerprint density at radius 1 is 1.59 bits per heavy atom. The molecule has 0 unspecified atom stereocenters. The number of rotatable bonds is 2. The molecule has 90 valence electrons. The SMILES string of the molecule is Cc1cc(Br)c2nc(NC(=O)[C@H](C)Cl)sc2c1. The summed E-state index contributed by atoms with van der Waals surface area (Å²) >= 11 is 10.6. The number of carbonyl (C=O) groups excluding carboxylic acids is 1. The van der Waals surface area contributed by atoms with Gasteiger partial charge in [0.1, 0.15) is 5.38 Å². The first kappa shape index (κ1) is 12.8. The standard InChI is InChI=1S/C11H10BrClN2OS/c1-5-3-7(12)9-8(4-5)17-11(14-9)15-10(16)6(2)13/h3-4,6H,1-2H3,(H,14,15,16)/t6-/m0/s1. The lowest BCUT2D eigenvalue weighted by molar-refractivity contribution is -0.115. The van der Waals surface area contributed by atoms with Crippen LogP contribution in [0.3, 0.4) is 0 Å². The van der Waals surface area contributed by atoms with Crippen LogP contribution in [0.2, 0.25) is 0 Å². The molecule has 6 heteroatoms. The number of anilines is 1. The predicted molar refractivity (Wildman–Crippen MR) is 76.0 cm³/mol. The zero-order valence-corrected chi connectivity index (χ0v) is 12.4. The summed E-state index contributed by atoms with van der Waals surface area (Å²) in [5.41, 5.74) is 2.01. The van der Waals surface area contributed by atoms with Crippen molar-refractivity contribution in [1.29, 1.82) is 0 Å². The van der Waals surface area contributed by atoms with Crippen LogP contribution >= 0.6 is 38.9 Å². The van der Waals surface area contributed by atoms with Gasteiger partial charge >= 0.3 is 0 Å². The topological polar surface area (TPSA) is 42.0 Å². The van der Waals surface area contributed by atoms with Crippen LogP contribution in [-0.2, 0) is 4.79 Å². The number of carbonyl (C=O) groups is 1. The van der Waals surface area contributed by atoms with Crippen molar-refractivity contribution in [1.82, 2.24) is 4.98 Å². The normalized spacial score (nSPS) is 12.7. The Balaban J connectivity index is 2.38. The van der Waals surface area contributed by atoms with Crippen LogP contribution in [0.4, 0.5) is 5.13 Å². The number of hydrogen-bond donors (Lipinski definition) is 1. The van der Waals surface area contributed by atoms with E-state index in [9.17, 15) is 4.79 Å². The molecule has 0 aliphatic rings. The first-order valence-electron chi connectivity index (χ1n) is 4.99. The number of fused-ring (bicyclic) bond motifs is 1. The first-order valence-corrected chi connectivity index (χ1v) is 7.03. The smallest absolute Gasteiger partial charge is 0.243 e. The van der Waals surface area contributed by atoms with Crippen LogP contribution in [0.15, 0.2) is 16.6 Å². The summed E-state index contributed by atoms with van der Waals surface area (Å²) in [7, 11) is 0. The summed E-state index contributed by atoms with van der Waals surface area (Å²) in [6.45, 7) is 3.65. The summed E-state index contributed by atoms with van der Waals surface area (Å²) in [6.07, 6.45) is 0. The Morgan fingerprint density at radius 3 is 2.94 bits per heavy atom. The van der Waals surface area contributed by atoms with Gasteiger partial charge in [-0.1, -0.05) is 11.3 Å². The third kappa shape index (κ3) is 2.78. The number of nitrogens with one attached hydrogen (secondary N) is 1. The van der Waals surface area contributed by atoms with Crippen molar-refractivity contribution in [3.63, 3.8) is 0 Å². The fourth-order valence-electron chi connectivity index (χ4n) is 1.38. The largest absolute Gasteiger partial charge is 0.301 e. The molecule has 0 saturated heterocycles. The average Bonchev–Trinajstić information content (AvgIpc) is 2.60. The highest BCUT2D eigenvalue weighted by molar-refractivity contribution is 9.10. The molecule has 1 heterocycles. The van der Waals surface area contributed by atoms with Gasteiger partial charge in [0.25, 0.3) is 0 Å². The molecule has 0 bridgehead atoms. The Labute approximate surface area is 116 Å². The number of amides is 1. The Kier molecular flexibility index (Phi) is 3.70. The molecule has 3 nitrogen and oxygen atoms in total. The van der Waals surface area contributed by atoms with E-state index in [1.165, 1.54) is 11.3 Å². The Hall–Kier alpha value is -0.650. The molecule has 2 rings (SSSR count). The van der Waals surface area contributed by atoms with E-state index in [1.54, 1.807) is 6.92 Å². The number of thiazole rings is 1. The summed E-state index contributed by atoms with van der Waals surface area (Å²) in [5.74, 6) is -0.237. The van der Waals surface area contributed by atoms with Crippen molar-refractivity contribution in [2.24, 2.45) is 0 Å². The molecule has 0 aliphatic heterocycles. The molecule has 1 N–H and O–H groups in total. The summed E-state index contributed by atoms with van der Waals surface area (Å²) in [4.78, 5) is 15.8. The molecule has 17 heavy (non-hydrogen) atoms. The molecule has 0 spiro atoms. The zero-order valence-electron chi connectivity index (χ0n) is 9.25. The maximum absolute atomic E-state index is 11.5. The van der Waals surface area contributed by atoms with Crippen molar-refractivity contribution in [2.75, 3.05) is 5.32 Å². The molecule has 0 fully saturated rings. The number of benzene rings is 1. The number of alkyl halides is 1. The lowest BCUT2D eigenvalue weighted by Crippen LogP contribution is -2.19. The van der Waals surface area contributed by atoms with Gasteiger partial charge in [-0.3, -0.25) is 4.79 Å². The van der Waals surface area contributed by atoms with Crippen LogP contribution in [0.25, 0.3) is 10.2 Å².